The third-order valence-electron chi connectivity index (χ3n) is 0.716. The van der Waals surface area contributed by atoms with Crippen LogP contribution in [0.1, 0.15) is 2.85 Å². The summed E-state index contributed by atoms with van der Waals surface area (Å²) in [5.74, 6) is 0. The van der Waals surface area contributed by atoms with E-state index in [9.17, 15) is 0 Å². The number of hydrogen-bond acceptors (Lipinski definition) is 4. The molecular weight excluding hydrogens is 220 g/mol. The van der Waals surface area contributed by atoms with E-state index in [2.05, 4.69) is 38.8 Å². The molecule has 0 aliphatic heterocycles. The molecule has 0 saturated heterocycles. The predicted molar refractivity (Wildman–Crippen MR) is 50.3 cm³/mol. The molecule has 0 aromatic rings. The predicted octanol–water partition coefficient (Wildman–Crippen LogP) is 2.51. The van der Waals surface area contributed by atoms with Crippen LogP contribution in [-0.4, -0.2) is 31.8 Å². The topological polar surface area (TPSA) is 195 Å². The number of rotatable bonds is 4. The third kappa shape index (κ3) is 4.30. The SMILES string of the molecule is [H-].[H-].[Mg+2].[N-]=[N+]=N[Si](N=[N+]=[N-])(N=[N+]=[N-])N=[N+]=[N-]. The second-order valence-electron chi connectivity index (χ2n) is 1.36. The fraction of sp³-hybridized carbons (Fsp3) is 0. The summed E-state index contributed by atoms with van der Waals surface area (Å²) >= 11 is 0. The molecule has 68 valence electrons. The van der Waals surface area contributed by atoms with Crippen molar-refractivity contribution in [1.82, 2.24) is 0 Å². The summed E-state index contributed by atoms with van der Waals surface area (Å²) in [5, 5.41) is 0. The van der Waals surface area contributed by atoms with Crippen molar-refractivity contribution in [2.24, 2.45) is 19.1 Å². The van der Waals surface area contributed by atoms with Gasteiger partial charge in [0, 0.05) is 0 Å². The van der Waals surface area contributed by atoms with E-state index >= 15 is 0 Å². The Bertz CT molecular complexity index is 298. The van der Waals surface area contributed by atoms with Crippen LogP contribution in [0.2, 0.25) is 0 Å². The standard InChI is InChI=1S/Mg.N12Si.2H/c;1-5-9-13(10-6-2,11-7-3)12-8-4;;/q+2;;2*-1. The molecule has 0 rings (SSSR count). The van der Waals surface area contributed by atoms with Crippen molar-refractivity contribution in [3.63, 3.8) is 0 Å². The Morgan fingerprint density at radius 1 is 0.714 bits per heavy atom. The monoisotopic (exact) mass is 222 g/mol. The van der Waals surface area contributed by atoms with Crippen molar-refractivity contribution in [2.45, 2.75) is 0 Å². The molecule has 14 heteroatoms. The van der Waals surface area contributed by atoms with Gasteiger partial charge in [0.15, 0.2) is 0 Å². The molecule has 0 aliphatic carbocycles. The van der Waals surface area contributed by atoms with E-state index in [0.717, 1.165) is 0 Å². The normalized spacial score (nSPS) is 10.9. The molecule has 0 saturated carbocycles. The van der Waals surface area contributed by atoms with E-state index in [4.69, 9.17) is 22.1 Å². The number of hydrogen-bond donors (Lipinski definition) is 0. The summed E-state index contributed by atoms with van der Waals surface area (Å²) in [6.45, 7) is 0. The zero-order valence-corrected chi connectivity index (χ0v) is 8.99. The van der Waals surface area contributed by atoms with Crippen LogP contribution in [0.5, 0.6) is 0 Å². The molecule has 0 N–H and O–H groups in total. The van der Waals surface area contributed by atoms with Crippen LogP contribution < -0.4 is 0 Å². The first kappa shape index (κ1) is 14.7. The third-order valence-corrected chi connectivity index (χ3v) is 2.15. The molecule has 0 fully saturated rings. The molecule has 0 aromatic carbocycles. The molecule has 0 heterocycles. The van der Waals surface area contributed by atoms with Gasteiger partial charge in [0.25, 0.3) is 0 Å². The first-order chi connectivity index (χ1) is 6.24. The largest absolute Gasteiger partial charge is 2.00 e. The minimum atomic E-state index is -3.96. The average molecular weight is 222 g/mol. The van der Waals surface area contributed by atoms with E-state index in [1.54, 1.807) is 0 Å². The average Bonchev–Trinajstić information content (AvgIpc) is 2.06. The van der Waals surface area contributed by atoms with Gasteiger partial charge in [0.1, 0.15) is 0 Å². The van der Waals surface area contributed by atoms with Gasteiger partial charge in [-0.1, -0.05) is 0 Å². The molecule has 0 atom stereocenters. The van der Waals surface area contributed by atoms with Gasteiger partial charge < -0.3 is 2.85 Å². The maximum absolute atomic E-state index is 8.02. The molecular formula is H2MgN12Si. The van der Waals surface area contributed by atoms with Crippen LogP contribution in [0, 0.1) is 0 Å². The van der Waals surface area contributed by atoms with Gasteiger partial charge in [-0.2, -0.15) is 0 Å². The van der Waals surface area contributed by atoms with E-state index in [1.165, 1.54) is 0 Å². The zero-order chi connectivity index (χ0) is 10.2. The Morgan fingerprint density at radius 2 is 0.929 bits per heavy atom. The summed E-state index contributed by atoms with van der Waals surface area (Å²) in [5.41, 5.74) is 32.1. The van der Waals surface area contributed by atoms with Crippen molar-refractivity contribution in [2.75, 3.05) is 0 Å². The van der Waals surface area contributed by atoms with Gasteiger partial charge in [0.05, 0.1) is 0 Å². The molecule has 12 nitrogen and oxygen atoms in total. The molecule has 0 amide bonds. The minimum absolute atomic E-state index is 0. The van der Waals surface area contributed by atoms with Gasteiger partial charge in [-0.3, -0.25) is 0 Å². The smallest absolute Gasteiger partial charge is 1.00 e. The summed E-state index contributed by atoms with van der Waals surface area (Å²) < 4.78 is 11.5. The first-order valence-corrected chi connectivity index (χ1v) is 4.28. The van der Waals surface area contributed by atoms with Crippen LogP contribution in [0.3, 0.4) is 0 Å². The van der Waals surface area contributed by atoms with Crippen LogP contribution in [-0.2, 0) is 0 Å². The Kier molecular flexibility index (Phi) is 8.26. The molecule has 0 spiro atoms. The van der Waals surface area contributed by atoms with Crippen LogP contribution >= 0.6 is 0 Å². The maximum Gasteiger partial charge on any atom is 2.00 e. The van der Waals surface area contributed by atoms with E-state index < -0.39 is 8.72 Å². The van der Waals surface area contributed by atoms with E-state index in [-0.39, 0.29) is 25.9 Å². The maximum atomic E-state index is 8.02. The van der Waals surface area contributed by atoms with Crippen molar-refractivity contribution >= 4 is 31.8 Å². The fourth-order valence-corrected chi connectivity index (χ4v) is 1.08. The van der Waals surface area contributed by atoms with Crippen molar-refractivity contribution in [3.8, 4) is 0 Å². The summed E-state index contributed by atoms with van der Waals surface area (Å²) in [6.07, 6.45) is 0. The van der Waals surface area contributed by atoms with E-state index in [0.29, 0.717) is 0 Å². The van der Waals surface area contributed by atoms with Gasteiger partial charge in [0.2, 0.25) is 0 Å². The van der Waals surface area contributed by atoms with Gasteiger partial charge in [-0.25, -0.2) is 0 Å². The fourth-order valence-electron chi connectivity index (χ4n) is 0.360. The molecule has 0 bridgehead atoms. The summed E-state index contributed by atoms with van der Waals surface area (Å²) in [6, 6.07) is 0. The minimum Gasteiger partial charge on any atom is -1.00 e. The summed E-state index contributed by atoms with van der Waals surface area (Å²) in [7, 11) is -3.96. The molecule has 0 aromatic heterocycles. The Labute approximate surface area is 95.8 Å². The Hall–Kier alpha value is -1.78. The molecule has 0 radical (unpaired) electrons. The second kappa shape index (κ2) is 7.85. The molecule has 14 heavy (non-hydrogen) atoms. The number of nitrogens with zero attached hydrogens (tertiary/aromatic N) is 12. The number of azide groups is 1. The van der Waals surface area contributed by atoms with Gasteiger partial charge >= 0.3 is 31.8 Å². The summed E-state index contributed by atoms with van der Waals surface area (Å²) in [4.78, 5) is 9.02. The van der Waals surface area contributed by atoms with Crippen molar-refractivity contribution in [3.05, 3.63) is 41.8 Å². The quantitative estimate of drug-likeness (QED) is 0.292. The van der Waals surface area contributed by atoms with Crippen molar-refractivity contribution < 1.29 is 2.85 Å². The van der Waals surface area contributed by atoms with Crippen LogP contribution in [0.15, 0.2) is 19.1 Å². The Balaban J connectivity index is -0.000000240. The van der Waals surface area contributed by atoms with Crippen molar-refractivity contribution in [1.29, 1.82) is 0 Å². The van der Waals surface area contributed by atoms with Gasteiger partial charge in [-0.05, 0) is 41.8 Å². The Morgan fingerprint density at radius 3 is 1.07 bits per heavy atom. The second-order valence-corrected chi connectivity index (χ2v) is 3.36. The van der Waals surface area contributed by atoms with Crippen LogP contribution in [0.4, 0.5) is 0 Å². The first-order valence-electron chi connectivity index (χ1n) is 2.49. The zero-order valence-electron chi connectivity index (χ0n) is 8.57. The van der Waals surface area contributed by atoms with E-state index in [1.807, 2.05) is 0 Å². The molecule has 0 aliphatic rings. The van der Waals surface area contributed by atoms with Crippen LogP contribution in [0.25, 0.3) is 41.8 Å². The van der Waals surface area contributed by atoms with Gasteiger partial charge in [-0.15, -0.1) is 19.1 Å². The molecule has 0 unspecified atom stereocenters.